The lowest BCUT2D eigenvalue weighted by Gasteiger charge is -2.16. The summed E-state index contributed by atoms with van der Waals surface area (Å²) in [7, 11) is 0. The predicted octanol–water partition coefficient (Wildman–Crippen LogP) is 3.20. The fraction of sp³-hybridized carbons (Fsp3) is 0.385. The van der Waals surface area contributed by atoms with E-state index in [9.17, 15) is 19.2 Å². The molecule has 180 valence electrons. The number of hydrogen-bond acceptors (Lipinski definition) is 4. The molecule has 3 rings (SSSR count). The average molecular weight is 465 g/mol. The zero-order valence-electron chi connectivity index (χ0n) is 20.0. The minimum Gasteiger partial charge on any atom is -0.352 e. The number of hydrogen-bond donors (Lipinski definition) is 2. The summed E-state index contributed by atoms with van der Waals surface area (Å²) in [6.07, 6.45) is 2.05. The van der Waals surface area contributed by atoms with Crippen LogP contribution < -0.4 is 21.9 Å². The molecule has 0 aliphatic heterocycles. The van der Waals surface area contributed by atoms with E-state index < -0.39 is 5.69 Å². The average Bonchev–Trinajstić information content (AvgIpc) is 2.82. The van der Waals surface area contributed by atoms with E-state index in [4.69, 9.17) is 0 Å². The Morgan fingerprint density at radius 1 is 0.941 bits per heavy atom. The van der Waals surface area contributed by atoms with Crippen LogP contribution in [0.1, 0.15) is 45.1 Å². The van der Waals surface area contributed by atoms with Gasteiger partial charge in [0.25, 0.3) is 5.56 Å². The van der Waals surface area contributed by atoms with Crippen molar-refractivity contribution in [1.29, 1.82) is 0 Å². The van der Waals surface area contributed by atoms with Crippen molar-refractivity contribution < 1.29 is 9.59 Å². The summed E-state index contributed by atoms with van der Waals surface area (Å²) in [5, 5.41) is 6.09. The molecule has 2 aromatic carbocycles. The van der Waals surface area contributed by atoms with Crippen LogP contribution >= 0.6 is 0 Å². The molecule has 0 aliphatic rings. The van der Waals surface area contributed by atoms with Gasteiger partial charge in [-0.25, -0.2) is 4.79 Å². The lowest BCUT2D eigenvalue weighted by molar-refractivity contribution is -0.122. The molecule has 34 heavy (non-hydrogen) atoms. The maximum absolute atomic E-state index is 13.2. The summed E-state index contributed by atoms with van der Waals surface area (Å²) in [5.74, 6) is -0.395. The standard InChI is InChI=1S/C26H32N4O4/c1-4-19(3)27-24(32)17-30-22-10-6-5-9-21(22)25(33)29(26(30)34)16-8-7-11-23(31)28-20-14-12-18(2)13-15-20/h5-6,9-10,12-15,19H,4,7-8,11,16-17H2,1-3H3,(H,27,32)(H,28,31)/t19-/m0/s1. The van der Waals surface area contributed by atoms with Gasteiger partial charge in [-0.3, -0.25) is 23.5 Å². The molecule has 3 aromatic rings. The smallest absolute Gasteiger partial charge is 0.331 e. The Balaban J connectivity index is 1.71. The van der Waals surface area contributed by atoms with Gasteiger partial charge in [0, 0.05) is 24.7 Å². The normalized spacial score (nSPS) is 11.9. The van der Waals surface area contributed by atoms with Crippen LogP contribution in [0.25, 0.3) is 10.9 Å². The molecule has 1 heterocycles. The van der Waals surface area contributed by atoms with Crippen molar-refractivity contribution >= 4 is 28.4 Å². The van der Waals surface area contributed by atoms with E-state index in [1.165, 1.54) is 4.57 Å². The van der Waals surface area contributed by atoms with Crippen LogP contribution in [0.5, 0.6) is 0 Å². The van der Waals surface area contributed by atoms with Gasteiger partial charge < -0.3 is 10.6 Å². The number of fused-ring (bicyclic) bond motifs is 1. The molecule has 2 N–H and O–H groups in total. The van der Waals surface area contributed by atoms with Gasteiger partial charge in [-0.1, -0.05) is 36.8 Å². The maximum atomic E-state index is 13.2. The lowest BCUT2D eigenvalue weighted by Crippen LogP contribution is -2.43. The highest BCUT2D eigenvalue weighted by atomic mass is 16.2. The second kappa shape index (κ2) is 11.4. The number of anilines is 1. The molecule has 0 saturated carbocycles. The van der Waals surface area contributed by atoms with E-state index in [0.717, 1.165) is 22.2 Å². The van der Waals surface area contributed by atoms with Crippen molar-refractivity contribution in [2.24, 2.45) is 0 Å². The summed E-state index contributed by atoms with van der Waals surface area (Å²) in [6, 6.07) is 14.3. The fourth-order valence-electron chi connectivity index (χ4n) is 3.70. The molecule has 8 nitrogen and oxygen atoms in total. The minimum absolute atomic E-state index is 0.00794. The van der Waals surface area contributed by atoms with Crippen LogP contribution in [-0.2, 0) is 22.7 Å². The van der Waals surface area contributed by atoms with E-state index in [2.05, 4.69) is 10.6 Å². The van der Waals surface area contributed by atoms with Crippen LogP contribution in [0.3, 0.4) is 0 Å². The number of carbonyl (C=O) groups excluding carboxylic acids is 2. The highest BCUT2D eigenvalue weighted by Gasteiger charge is 2.16. The van der Waals surface area contributed by atoms with Crippen molar-refractivity contribution in [3.63, 3.8) is 0 Å². The second-order valence-corrected chi connectivity index (χ2v) is 8.59. The van der Waals surface area contributed by atoms with Crippen LogP contribution in [0.4, 0.5) is 5.69 Å². The summed E-state index contributed by atoms with van der Waals surface area (Å²) >= 11 is 0. The Hall–Kier alpha value is -3.68. The topological polar surface area (TPSA) is 102 Å². The molecule has 0 saturated heterocycles. The molecule has 8 heteroatoms. The van der Waals surface area contributed by atoms with Gasteiger partial charge in [0.2, 0.25) is 11.8 Å². The molecule has 0 bridgehead atoms. The molecular formula is C26H32N4O4. The van der Waals surface area contributed by atoms with Crippen LogP contribution in [0, 0.1) is 6.92 Å². The summed E-state index contributed by atoms with van der Waals surface area (Å²) in [6.45, 7) is 5.85. The molecular weight excluding hydrogens is 432 g/mol. The summed E-state index contributed by atoms with van der Waals surface area (Å²) in [5.41, 5.74) is 1.38. The molecule has 1 atom stereocenters. The first-order chi connectivity index (χ1) is 16.3. The summed E-state index contributed by atoms with van der Waals surface area (Å²) < 4.78 is 2.51. The number of rotatable bonds is 10. The zero-order valence-corrected chi connectivity index (χ0v) is 20.0. The fourth-order valence-corrected chi connectivity index (χ4v) is 3.70. The quantitative estimate of drug-likeness (QED) is 0.450. The van der Waals surface area contributed by atoms with E-state index in [1.807, 2.05) is 45.0 Å². The first-order valence-corrected chi connectivity index (χ1v) is 11.7. The van der Waals surface area contributed by atoms with Gasteiger partial charge in [-0.05, 0) is 57.4 Å². The number of nitrogens with one attached hydrogen (secondary N) is 2. The van der Waals surface area contributed by atoms with Crippen LogP contribution in [0.15, 0.2) is 58.1 Å². The highest BCUT2D eigenvalue weighted by Crippen LogP contribution is 2.11. The Morgan fingerprint density at radius 2 is 1.65 bits per heavy atom. The number of benzene rings is 2. The predicted molar refractivity (Wildman–Crippen MR) is 134 cm³/mol. The number of unbranched alkanes of at least 4 members (excludes halogenated alkanes) is 1. The van der Waals surface area contributed by atoms with E-state index in [0.29, 0.717) is 23.7 Å². The van der Waals surface area contributed by atoms with Crippen molar-refractivity contribution in [2.45, 2.75) is 65.6 Å². The third-order valence-electron chi connectivity index (χ3n) is 5.82. The van der Waals surface area contributed by atoms with Crippen molar-refractivity contribution in [3.8, 4) is 0 Å². The minimum atomic E-state index is -0.521. The first-order valence-electron chi connectivity index (χ1n) is 11.7. The Morgan fingerprint density at radius 3 is 2.35 bits per heavy atom. The monoisotopic (exact) mass is 464 g/mol. The SMILES string of the molecule is CC[C@H](C)NC(=O)Cn1c(=O)n(CCCCC(=O)Nc2ccc(C)cc2)c(=O)c2ccccc21. The lowest BCUT2D eigenvalue weighted by atomic mass is 10.2. The molecule has 0 fully saturated rings. The number of aryl methyl sites for hydroxylation is 1. The molecule has 0 unspecified atom stereocenters. The highest BCUT2D eigenvalue weighted by molar-refractivity contribution is 5.90. The van der Waals surface area contributed by atoms with Crippen molar-refractivity contribution in [2.75, 3.05) is 5.32 Å². The van der Waals surface area contributed by atoms with Gasteiger partial charge in [0.15, 0.2) is 0 Å². The molecule has 0 aliphatic carbocycles. The molecule has 0 radical (unpaired) electrons. The van der Waals surface area contributed by atoms with Crippen LogP contribution in [0.2, 0.25) is 0 Å². The number of aromatic nitrogens is 2. The number of carbonyl (C=O) groups is 2. The van der Waals surface area contributed by atoms with E-state index >= 15 is 0 Å². The van der Waals surface area contributed by atoms with Gasteiger partial charge in [0.05, 0.1) is 10.9 Å². The number of amides is 2. The third-order valence-corrected chi connectivity index (χ3v) is 5.82. The number of para-hydroxylation sites is 1. The Labute approximate surface area is 198 Å². The summed E-state index contributed by atoms with van der Waals surface area (Å²) in [4.78, 5) is 50.8. The van der Waals surface area contributed by atoms with Crippen molar-refractivity contribution in [3.05, 3.63) is 74.9 Å². The van der Waals surface area contributed by atoms with E-state index in [-0.39, 0.29) is 42.9 Å². The Kier molecular flexibility index (Phi) is 8.40. The third kappa shape index (κ3) is 6.21. The number of nitrogens with zero attached hydrogens (tertiary/aromatic N) is 2. The largest absolute Gasteiger partial charge is 0.352 e. The second-order valence-electron chi connectivity index (χ2n) is 8.59. The first kappa shape index (κ1) is 25.0. The zero-order chi connectivity index (χ0) is 24.7. The maximum Gasteiger partial charge on any atom is 0.331 e. The van der Waals surface area contributed by atoms with Gasteiger partial charge in [-0.15, -0.1) is 0 Å². The molecule has 2 amide bonds. The van der Waals surface area contributed by atoms with Gasteiger partial charge in [0.1, 0.15) is 6.54 Å². The van der Waals surface area contributed by atoms with Crippen molar-refractivity contribution in [1.82, 2.24) is 14.5 Å². The molecule has 1 aromatic heterocycles. The Bertz CT molecular complexity index is 1270. The van der Waals surface area contributed by atoms with E-state index in [1.54, 1.807) is 24.3 Å². The molecule has 0 spiro atoms. The van der Waals surface area contributed by atoms with Gasteiger partial charge in [-0.2, -0.15) is 0 Å². The van der Waals surface area contributed by atoms with Crippen LogP contribution in [-0.4, -0.2) is 27.0 Å². The van der Waals surface area contributed by atoms with Gasteiger partial charge >= 0.3 is 5.69 Å².